The van der Waals surface area contributed by atoms with Gasteiger partial charge in [-0.15, -0.1) is 0 Å². The summed E-state index contributed by atoms with van der Waals surface area (Å²) in [7, 11) is -1.75. The van der Waals surface area contributed by atoms with E-state index in [-0.39, 0.29) is 25.4 Å². The van der Waals surface area contributed by atoms with Crippen LogP contribution in [0.3, 0.4) is 0 Å². The monoisotopic (exact) mass is 396 g/mol. The molecule has 0 atom stereocenters. The molecule has 1 aromatic carbocycles. The van der Waals surface area contributed by atoms with Crippen LogP contribution in [0.15, 0.2) is 23.2 Å². The number of halogens is 3. The van der Waals surface area contributed by atoms with Crippen molar-refractivity contribution in [1.29, 1.82) is 0 Å². The van der Waals surface area contributed by atoms with Gasteiger partial charge in [-0.3, -0.25) is 4.99 Å². The maximum absolute atomic E-state index is 12.4. The largest absolute Gasteiger partial charge is 0.484 e. The smallest absolute Gasteiger partial charge is 0.422 e. The van der Waals surface area contributed by atoms with Crippen LogP contribution in [0.25, 0.3) is 0 Å². The van der Waals surface area contributed by atoms with Crippen molar-refractivity contribution in [3.8, 4) is 5.75 Å². The summed E-state index contributed by atoms with van der Waals surface area (Å²) in [5.74, 6) is 0.520. The molecule has 0 saturated heterocycles. The zero-order chi connectivity index (χ0) is 19.8. The quantitative estimate of drug-likeness (QED) is 0.348. The van der Waals surface area contributed by atoms with E-state index in [2.05, 4.69) is 20.3 Å². The molecule has 0 aliphatic heterocycles. The zero-order valence-electron chi connectivity index (χ0n) is 14.8. The molecule has 0 saturated carbocycles. The standard InChI is InChI=1S/C15H23F3N4O3S/c1-11-4-5-12(13(8-11)25-10-15(16,17)18)9-21-14(19-2)20-6-7-22-26(3,23)24/h4-5,8,22H,6-7,9-10H2,1-3H3,(H2,19,20,21). The third-order valence-electron chi connectivity index (χ3n) is 3.07. The minimum absolute atomic E-state index is 0.143. The molecule has 1 rings (SSSR count). The molecule has 0 spiro atoms. The van der Waals surface area contributed by atoms with Crippen molar-refractivity contribution in [3.05, 3.63) is 29.3 Å². The van der Waals surface area contributed by atoms with Crippen LogP contribution < -0.4 is 20.1 Å². The number of hydrogen-bond donors (Lipinski definition) is 3. The van der Waals surface area contributed by atoms with Crippen molar-refractivity contribution >= 4 is 16.0 Å². The van der Waals surface area contributed by atoms with Crippen LogP contribution in [-0.4, -0.2) is 53.6 Å². The number of nitrogens with zero attached hydrogens (tertiary/aromatic N) is 1. The molecule has 3 N–H and O–H groups in total. The van der Waals surface area contributed by atoms with E-state index >= 15 is 0 Å². The minimum atomic E-state index is -4.42. The van der Waals surface area contributed by atoms with E-state index in [4.69, 9.17) is 4.74 Å². The molecule has 0 amide bonds. The Labute approximate surface area is 151 Å². The Hall–Kier alpha value is -2.01. The first-order valence-electron chi connectivity index (χ1n) is 7.68. The van der Waals surface area contributed by atoms with E-state index < -0.39 is 22.8 Å². The highest BCUT2D eigenvalue weighted by atomic mass is 32.2. The highest BCUT2D eigenvalue weighted by Gasteiger charge is 2.28. The van der Waals surface area contributed by atoms with Gasteiger partial charge in [-0.1, -0.05) is 12.1 Å². The molecule has 0 aliphatic rings. The van der Waals surface area contributed by atoms with E-state index in [1.165, 1.54) is 13.1 Å². The highest BCUT2D eigenvalue weighted by Crippen LogP contribution is 2.23. The van der Waals surface area contributed by atoms with Gasteiger partial charge in [0.05, 0.1) is 6.26 Å². The van der Waals surface area contributed by atoms with Gasteiger partial charge in [-0.2, -0.15) is 13.2 Å². The average Bonchev–Trinajstić information content (AvgIpc) is 2.51. The Kier molecular flexibility index (Phi) is 8.15. The predicted molar refractivity (Wildman–Crippen MR) is 93.8 cm³/mol. The van der Waals surface area contributed by atoms with Gasteiger partial charge in [-0.25, -0.2) is 13.1 Å². The van der Waals surface area contributed by atoms with Gasteiger partial charge < -0.3 is 15.4 Å². The normalized spacial score (nSPS) is 12.8. The predicted octanol–water partition coefficient (Wildman–Crippen LogP) is 1.15. The number of aryl methyl sites for hydroxylation is 1. The molecule has 0 heterocycles. The number of guanidine groups is 1. The van der Waals surface area contributed by atoms with Crippen LogP contribution in [0.1, 0.15) is 11.1 Å². The fourth-order valence-electron chi connectivity index (χ4n) is 1.92. The molecule has 0 unspecified atom stereocenters. The topological polar surface area (TPSA) is 91.8 Å². The van der Waals surface area contributed by atoms with E-state index in [0.717, 1.165) is 11.8 Å². The van der Waals surface area contributed by atoms with Gasteiger partial charge in [0.1, 0.15) is 5.75 Å². The summed E-state index contributed by atoms with van der Waals surface area (Å²) < 4.78 is 66.3. The number of nitrogens with one attached hydrogen (secondary N) is 3. The van der Waals surface area contributed by atoms with Gasteiger partial charge in [0.2, 0.25) is 10.0 Å². The third-order valence-corrected chi connectivity index (χ3v) is 3.79. The van der Waals surface area contributed by atoms with Gasteiger partial charge >= 0.3 is 6.18 Å². The second-order valence-electron chi connectivity index (χ2n) is 5.53. The van der Waals surface area contributed by atoms with Crippen molar-refractivity contribution in [2.75, 3.05) is 33.0 Å². The van der Waals surface area contributed by atoms with E-state index in [9.17, 15) is 21.6 Å². The molecular formula is C15H23F3N4O3S. The Bertz CT molecular complexity index is 721. The fraction of sp³-hybridized carbons (Fsp3) is 0.533. The molecule has 7 nitrogen and oxygen atoms in total. The summed E-state index contributed by atoms with van der Waals surface area (Å²) in [5.41, 5.74) is 1.32. The molecule has 148 valence electrons. The molecule has 0 fully saturated rings. The molecular weight excluding hydrogens is 373 g/mol. The molecule has 11 heteroatoms. The number of hydrogen-bond acceptors (Lipinski definition) is 4. The van der Waals surface area contributed by atoms with E-state index in [1.807, 2.05) is 0 Å². The van der Waals surface area contributed by atoms with Gasteiger partial charge in [-0.05, 0) is 18.6 Å². The average molecular weight is 396 g/mol. The molecule has 0 aliphatic carbocycles. The van der Waals surface area contributed by atoms with Crippen LogP contribution >= 0.6 is 0 Å². The number of sulfonamides is 1. The maximum atomic E-state index is 12.4. The first-order valence-corrected chi connectivity index (χ1v) is 9.57. The van der Waals surface area contributed by atoms with E-state index in [1.54, 1.807) is 19.1 Å². The van der Waals surface area contributed by atoms with Crippen LogP contribution in [0, 0.1) is 6.92 Å². The lowest BCUT2D eigenvalue weighted by Crippen LogP contribution is -2.41. The third kappa shape index (κ3) is 9.47. The lowest BCUT2D eigenvalue weighted by Gasteiger charge is -2.16. The van der Waals surface area contributed by atoms with Crippen LogP contribution in [-0.2, 0) is 16.6 Å². The summed E-state index contributed by atoms with van der Waals surface area (Å²) in [4.78, 5) is 3.97. The van der Waals surface area contributed by atoms with Crippen molar-refractivity contribution in [2.45, 2.75) is 19.6 Å². The summed E-state index contributed by atoms with van der Waals surface area (Å²) >= 11 is 0. The molecule has 26 heavy (non-hydrogen) atoms. The number of benzene rings is 1. The highest BCUT2D eigenvalue weighted by molar-refractivity contribution is 7.88. The Balaban J connectivity index is 2.61. The second-order valence-corrected chi connectivity index (χ2v) is 7.37. The molecule has 0 aromatic heterocycles. The zero-order valence-corrected chi connectivity index (χ0v) is 15.6. The van der Waals surface area contributed by atoms with Crippen LogP contribution in [0.2, 0.25) is 0 Å². The Morgan fingerprint density at radius 1 is 1.23 bits per heavy atom. The van der Waals surface area contributed by atoms with Gasteiger partial charge in [0.25, 0.3) is 0 Å². The Morgan fingerprint density at radius 3 is 2.50 bits per heavy atom. The second kappa shape index (κ2) is 9.62. The Morgan fingerprint density at radius 2 is 1.92 bits per heavy atom. The summed E-state index contributed by atoms with van der Waals surface area (Å²) in [6.45, 7) is 1.04. The molecule has 1 aromatic rings. The first-order chi connectivity index (χ1) is 12.0. The molecule has 0 radical (unpaired) electrons. The van der Waals surface area contributed by atoms with Crippen molar-refractivity contribution in [2.24, 2.45) is 4.99 Å². The summed E-state index contributed by atoms with van der Waals surface area (Å²) in [6.07, 6.45) is -3.36. The number of alkyl halides is 3. The van der Waals surface area contributed by atoms with Crippen molar-refractivity contribution in [1.82, 2.24) is 15.4 Å². The fourth-order valence-corrected chi connectivity index (χ4v) is 2.39. The summed E-state index contributed by atoms with van der Waals surface area (Å²) in [6, 6.07) is 4.98. The minimum Gasteiger partial charge on any atom is -0.484 e. The first kappa shape index (κ1) is 22.0. The lowest BCUT2D eigenvalue weighted by molar-refractivity contribution is -0.153. The van der Waals surface area contributed by atoms with Gasteiger partial charge in [0, 0.05) is 32.2 Å². The van der Waals surface area contributed by atoms with Gasteiger partial charge in [0.15, 0.2) is 12.6 Å². The molecule has 0 bridgehead atoms. The van der Waals surface area contributed by atoms with Crippen molar-refractivity contribution < 1.29 is 26.3 Å². The number of ether oxygens (including phenoxy) is 1. The lowest BCUT2D eigenvalue weighted by atomic mass is 10.1. The van der Waals surface area contributed by atoms with E-state index in [0.29, 0.717) is 11.5 Å². The van der Waals surface area contributed by atoms with Crippen molar-refractivity contribution in [3.63, 3.8) is 0 Å². The number of aliphatic imine (C=N–C) groups is 1. The maximum Gasteiger partial charge on any atom is 0.422 e. The van der Waals surface area contributed by atoms with Crippen LogP contribution in [0.4, 0.5) is 13.2 Å². The summed E-state index contributed by atoms with van der Waals surface area (Å²) in [5, 5.41) is 5.83. The number of rotatable bonds is 8. The SMILES string of the molecule is CN=C(NCCNS(C)(=O)=O)NCc1ccc(C)cc1OCC(F)(F)F. The van der Waals surface area contributed by atoms with Crippen LogP contribution in [0.5, 0.6) is 5.75 Å².